The molecule has 0 unspecified atom stereocenters. The van der Waals surface area contributed by atoms with Gasteiger partial charge in [0.2, 0.25) is 5.91 Å². The van der Waals surface area contributed by atoms with Crippen LogP contribution in [0.5, 0.6) is 11.5 Å². The fourth-order valence-electron chi connectivity index (χ4n) is 2.47. The maximum Gasteiger partial charge on any atom is 0.237 e. The maximum absolute atomic E-state index is 12.1. The number of nitrogens with two attached hydrogens (primary N) is 1. The summed E-state index contributed by atoms with van der Waals surface area (Å²) in [7, 11) is 0. The molecule has 0 bridgehead atoms. The van der Waals surface area contributed by atoms with E-state index in [1.165, 1.54) is 0 Å². The van der Waals surface area contributed by atoms with Crippen molar-refractivity contribution in [2.24, 2.45) is 11.7 Å². The van der Waals surface area contributed by atoms with Crippen LogP contribution in [0.4, 0.5) is 0 Å². The van der Waals surface area contributed by atoms with Crippen LogP contribution >= 0.6 is 0 Å². The Bertz CT molecular complexity index is 638. The highest BCUT2D eigenvalue weighted by molar-refractivity contribution is 5.81. The van der Waals surface area contributed by atoms with Crippen LogP contribution in [0.1, 0.15) is 38.8 Å². The van der Waals surface area contributed by atoms with Crippen molar-refractivity contribution < 1.29 is 9.53 Å². The summed E-state index contributed by atoms with van der Waals surface area (Å²) in [4.78, 5) is 12.1. The van der Waals surface area contributed by atoms with Gasteiger partial charge in [-0.05, 0) is 49.1 Å². The molecule has 0 aliphatic carbocycles. The van der Waals surface area contributed by atoms with Crippen molar-refractivity contribution in [3.63, 3.8) is 0 Å². The molecule has 2 aromatic carbocycles. The summed E-state index contributed by atoms with van der Waals surface area (Å²) in [5.74, 6) is 1.85. The van der Waals surface area contributed by atoms with E-state index in [-0.39, 0.29) is 11.9 Å². The average Bonchev–Trinajstić information content (AvgIpc) is 2.55. The summed E-state index contributed by atoms with van der Waals surface area (Å²) in [6, 6.07) is 16.8. The third-order valence-corrected chi connectivity index (χ3v) is 3.78. The highest BCUT2D eigenvalue weighted by Gasteiger charge is 2.17. The smallest absolute Gasteiger partial charge is 0.237 e. The molecule has 0 saturated heterocycles. The average molecular weight is 326 g/mol. The topological polar surface area (TPSA) is 64.4 Å². The minimum Gasteiger partial charge on any atom is -0.457 e. The summed E-state index contributed by atoms with van der Waals surface area (Å²) < 4.78 is 5.77. The number of carbonyl (C=O) groups excluding carboxylic acids is 1. The van der Waals surface area contributed by atoms with Gasteiger partial charge >= 0.3 is 0 Å². The van der Waals surface area contributed by atoms with Gasteiger partial charge in [0.25, 0.3) is 0 Å². The number of para-hydroxylation sites is 1. The van der Waals surface area contributed by atoms with Crippen LogP contribution in [-0.2, 0) is 4.79 Å². The minimum atomic E-state index is -0.465. The Hall–Kier alpha value is -2.33. The number of hydrogen-bond donors (Lipinski definition) is 2. The van der Waals surface area contributed by atoms with Gasteiger partial charge in [-0.1, -0.05) is 44.2 Å². The van der Waals surface area contributed by atoms with Gasteiger partial charge in [-0.3, -0.25) is 4.79 Å². The van der Waals surface area contributed by atoms with Gasteiger partial charge in [-0.25, -0.2) is 0 Å². The third-order valence-electron chi connectivity index (χ3n) is 3.78. The van der Waals surface area contributed by atoms with Crippen LogP contribution in [0, 0.1) is 5.92 Å². The molecule has 0 spiro atoms. The second kappa shape index (κ2) is 8.50. The van der Waals surface area contributed by atoms with Gasteiger partial charge in [0, 0.05) is 0 Å². The SMILES string of the molecule is CC(C)C[C@H](N)C(=O)N[C@@H](C)c1ccc(Oc2ccccc2)cc1. The lowest BCUT2D eigenvalue weighted by Gasteiger charge is -2.19. The second-order valence-electron chi connectivity index (χ2n) is 6.45. The zero-order valence-corrected chi connectivity index (χ0v) is 14.5. The molecule has 0 heterocycles. The van der Waals surface area contributed by atoms with Gasteiger partial charge in [0.15, 0.2) is 0 Å². The zero-order valence-electron chi connectivity index (χ0n) is 14.5. The zero-order chi connectivity index (χ0) is 17.5. The van der Waals surface area contributed by atoms with E-state index in [0.717, 1.165) is 17.1 Å². The lowest BCUT2D eigenvalue weighted by Crippen LogP contribution is -2.42. The summed E-state index contributed by atoms with van der Waals surface area (Å²) in [6.45, 7) is 6.07. The minimum absolute atomic E-state index is 0.0958. The summed E-state index contributed by atoms with van der Waals surface area (Å²) >= 11 is 0. The van der Waals surface area contributed by atoms with Crippen LogP contribution in [-0.4, -0.2) is 11.9 Å². The van der Waals surface area contributed by atoms with Gasteiger partial charge in [-0.2, -0.15) is 0 Å². The number of benzene rings is 2. The number of rotatable bonds is 7. The molecule has 24 heavy (non-hydrogen) atoms. The third kappa shape index (κ3) is 5.39. The summed E-state index contributed by atoms with van der Waals surface area (Å²) in [5.41, 5.74) is 6.94. The van der Waals surface area contributed by atoms with Crippen molar-refractivity contribution >= 4 is 5.91 Å². The molecule has 2 atom stereocenters. The number of ether oxygens (including phenoxy) is 1. The van der Waals surface area contributed by atoms with E-state index in [1.54, 1.807) is 0 Å². The first kappa shape index (κ1) is 18.0. The molecule has 128 valence electrons. The van der Waals surface area contributed by atoms with Crippen LogP contribution in [0.25, 0.3) is 0 Å². The Balaban J connectivity index is 1.93. The van der Waals surface area contributed by atoms with E-state index in [1.807, 2.05) is 61.5 Å². The van der Waals surface area contributed by atoms with E-state index in [4.69, 9.17) is 10.5 Å². The Morgan fingerprint density at radius 3 is 2.17 bits per heavy atom. The Labute approximate surface area is 144 Å². The molecule has 4 heteroatoms. The summed E-state index contributed by atoms with van der Waals surface area (Å²) in [5, 5.41) is 2.97. The first-order valence-electron chi connectivity index (χ1n) is 8.34. The van der Waals surface area contributed by atoms with Crippen LogP contribution in [0.15, 0.2) is 54.6 Å². The van der Waals surface area contributed by atoms with E-state index in [2.05, 4.69) is 19.2 Å². The largest absolute Gasteiger partial charge is 0.457 e. The maximum atomic E-state index is 12.1. The van der Waals surface area contributed by atoms with Crippen molar-refractivity contribution in [2.75, 3.05) is 0 Å². The molecule has 4 nitrogen and oxygen atoms in total. The predicted octanol–water partition coefficient (Wildman–Crippen LogP) is 4.03. The fraction of sp³-hybridized carbons (Fsp3) is 0.350. The second-order valence-corrected chi connectivity index (χ2v) is 6.45. The normalized spacial score (nSPS) is 13.4. The first-order chi connectivity index (χ1) is 11.5. The van der Waals surface area contributed by atoms with Gasteiger partial charge < -0.3 is 15.8 Å². The highest BCUT2D eigenvalue weighted by Crippen LogP contribution is 2.23. The Kier molecular flexibility index (Phi) is 6.38. The predicted molar refractivity (Wildman–Crippen MR) is 96.9 cm³/mol. The standard InChI is InChI=1S/C20H26N2O2/c1-14(2)13-19(21)20(23)22-15(3)16-9-11-18(12-10-16)24-17-7-5-4-6-8-17/h4-12,14-15,19H,13,21H2,1-3H3,(H,22,23)/t15-,19-/m0/s1. The van der Waals surface area contributed by atoms with Crippen LogP contribution < -0.4 is 15.8 Å². The summed E-state index contributed by atoms with van der Waals surface area (Å²) in [6.07, 6.45) is 0.683. The highest BCUT2D eigenvalue weighted by atomic mass is 16.5. The quantitative estimate of drug-likeness (QED) is 0.807. The molecule has 0 aliphatic rings. The molecule has 0 radical (unpaired) electrons. The van der Waals surface area contributed by atoms with E-state index >= 15 is 0 Å². The van der Waals surface area contributed by atoms with Crippen molar-refractivity contribution in [3.05, 3.63) is 60.2 Å². The number of carbonyl (C=O) groups is 1. The Morgan fingerprint density at radius 2 is 1.58 bits per heavy atom. The molecule has 0 saturated carbocycles. The monoisotopic (exact) mass is 326 g/mol. The number of amides is 1. The van der Waals surface area contributed by atoms with E-state index < -0.39 is 6.04 Å². The van der Waals surface area contributed by atoms with Crippen LogP contribution in [0.2, 0.25) is 0 Å². The number of nitrogens with one attached hydrogen (secondary N) is 1. The Morgan fingerprint density at radius 1 is 1.00 bits per heavy atom. The molecule has 2 aromatic rings. The molecule has 0 aromatic heterocycles. The molecular weight excluding hydrogens is 300 g/mol. The van der Waals surface area contributed by atoms with E-state index in [9.17, 15) is 4.79 Å². The van der Waals surface area contributed by atoms with Crippen molar-refractivity contribution in [1.29, 1.82) is 0 Å². The molecule has 0 aliphatic heterocycles. The van der Waals surface area contributed by atoms with Gasteiger partial charge in [0.1, 0.15) is 11.5 Å². The van der Waals surface area contributed by atoms with E-state index in [0.29, 0.717) is 12.3 Å². The van der Waals surface area contributed by atoms with Gasteiger partial charge in [0.05, 0.1) is 12.1 Å². The lowest BCUT2D eigenvalue weighted by molar-refractivity contribution is -0.123. The molecule has 3 N–H and O–H groups in total. The molecular formula is C20H26N2O2. The molecule has 1 amide bonds. The first-order valence-corrected chi connectivity index (χ1v) is 8.34. The van der Waals surface area contributed by atoms with Crippen LogP contribution in [0.3, 0.4) is 0 Å². The van der Waals surface area contributed by atoms with Crippen molar-refractivity contribution in [3.8, 4) is 11.5 Å². The van der Waals surface area contributed by atoms with Crippen molar-refractivity contribution in [1.82, 2.24) is 5.32 Å². The number of hydrogen-bond acceptors (Lipinski definition) is 3. The molecule has 2 rings (SSSR count). The molecule has 0 fully saturated rings. The fourth-order valence-corrected chi connectivity index (χ4v) is 2.47. The van der Waals surface area contributed by atoms with Crippen molar-refractivity contribution in [2.45, 2.75) is 39.3 Å². The van der Waals surface area contributed by atoms with Gasteiger partial charge in [-0.15, -0.1) is 0 Å². The lowest BCUT2D eigenvalue weighted by atomic mass is 10.0.